The number of aliphatic hydroxyl groups excluding tert-OH is 2. The number of likely N-dealkylation sites (N-methyl/N-ethyl adjacent to an activating group) is 2. The van der Waals surface area contributed by atoms with Gasteiger partial charge in [-0.2, -0.15) is 0 Å². The molecule has 4 aliphatic heterocycles. The summed E-state index contributed by atoms with van der Waals surface area (Å²) < 4.78 is 12.5. The summed E-state index contributed by atoms with van der Waals surface area (Å²) in [4.78, 5) is 84.5. The number of thioether (sulfide) groups is 2. The summed E-state index contributed by atoms with van der Waals surface area (Å²) in [5.74, 6) is 10.2. The molecule has 0 saturated carbocycles. The molecule has 2 aromatic carbocycles. The maximum absolute atomic E-state index is 14.1. The molecule has 2 aliphatic carbocycles. The number of carbonyl (C=O) groups excluding carboxylic acids is 6. The van der Waals surface area contributed by atoms with Gasteiger partial charge in [0.1, 0.15) is 37.4 Å². The van der Waals surface area contributed by atoms with Crippen molar-refractivity contribution in [3.63, 3.8) is 0 Å². The second-order valence-electron chi connectivity index (χ2n) is 18.4. The lowest BCUT2D eigenvalue weighted by Crippen LogP contribution is -2.58. The molecule has 4 saturated heterocycles. The van der Waals surface area contributed by atoms with Gasteiger partial charge in [0.25, 0.3) is 0 Å². The number of ether oxygens (including phenoxy) is 2. The molecule has 0 unspecified atom stereocenters. The number of amides is 6. The van der Waals surface area contributed by atoms with E-state index >= 15 is 0 Å². The molecule has 18 nitrogen and oxygen atoms in total. The number of rotatable bonds is 14. The van der Waals surface area contributed by atoms with E-state index in [2.05, 4.69) is 55.6 Å². The predicted molar refractivity (Wildman–Crippen MR) is 277 cm³/mol. The molecule has 72 heavy (non-hydrogen) atoms. The SMILES string of the molecule is CN[C@@H](C)C(=O)N[C@H]1CCS[C@H]2C[C@H](O)[C@@H](C(=O)N[C@H]3c4ccccc4C[C@H]3OCC#CC#CCO[C@@H]3Cc4ccccc4[C@@H]3NC(=O)[C@@H]3[C@@H](O)C[C@@H]4SCC[C@H](NC(=O)[C@H](C)NC)C(=O)N43)N2C1=O.Cl.Cl. The van der Waals surface area contributed by atoms with E-state index in [1.165, 1.54) is 33.3 Å². The number of benzene rings is 2. The minimum absolute atomic E-state index is 0. The van der Waals surface area contributed by atoms with E-state index in [4.69, 9.17) is 9.47 Å². The van der Waals surface area contributed by atoms with Crippen LogP contribution >= 0.6 is 48.3 Å². The fourth-order valence-electron chi connectivity index (χ4n) is 10.2. The third-order valence-electron chi connectivity index (χ3n) is 14.1. The number of hydrogen-bond acceptors (Lipinski definition) is 14. The number of nitrogens with one attached hydrogen (secondary N) is 6. The molecule has 8 rings (SSSR count). The van der Waals surface area contributed by atoms with E-state index in [0.29, 0.717) is 37.2 Å². The summed E-state index contributed by atoms with van der Waals surface area (Å²) in [5, 5.41) is 39.2. The van der Waals surface area contributed by atoms with Gasteiger partial charge in [-0.05, 0) is 86.4 Å². The Labute approximate surface area is 440 Å². The van der Waals surface area contributed by atoms with Crippen LogP contribution in [0.2, 0.25) is 0 Å². The molecule has 390 valence electrons. The molecule has 0 spiro atoms. The zero-order valence-electron chi connectivity index (χ0n) is 40.5. The summed E-state index contributed by atoms with van der Waals surface area (Å²) in [6.07, 6.45) is -0.928. The van der Waals surface area contributed by atoms with Gasteiger partial charge < -0.3 is 61.4 Å². The first-order valence-electron chi connectivity index (χ1n) is 23.9. The largest absolute Gasteiger partial charge is 0.390 e. The van der Waals surface area contributed by atoms with Crippen molar-refractivity contribution < 1.29 is 48.5 Å². The smallest absolute Gasteiger partial charge is 0.246 e. The van der Waals surface area contributed by atoms with Gasteiger partial charge in [0.2, 0.25) is 35.4 Å². The van der Waals surface area contributed by atoms with Gasteiger partial charge in [-0.25, -0.2) is 0 Å². The molecule has 14 atom stereocenters. The molecular weight excluding hydrogens is 1010 g/mol. The molecule has 4 heterocycles. The lowest BCUT2D eigenvalue weighted by molar-refractivity contribution is -0.144. The van der Waals surface area contributed by atoms with Crippen LogP contribution in [0.25, 0.3) is 0 Å². The van der Waals surface area contributed by atoms with E-state index < -0.39 is 107 Å². The van der Waals surface area contributed by atoms with Gasteiger partial charge in [-0.1, -0.05) is 60.4 Å². The standard InChI is InChI=1S/C50H62N8O10S2.2ClH/c1-27(51-3)45(61)53-33-17-21-69-39-25-35(59)43(57(39)49(33)65)47(63)55-41-31-15-9-7-13-29(31)23-37(41)67-19-11-5-6-12-20-68-38-24-30-14-8-10-16-32(30)42(38)56-48(64)44-36(60)26-40-58(44)50(66)34(18-22-70-40)54-46(62)28(2)52-4;;/h7-10,13-16,27-28,33-44,51-52,59-60H,17-26H2,1-4H3,(H,53,61)(H,54,62)(H,55,63)(H,56,64);2*1H/t27-,28-,33-,34-,35-,36-,37+,38+,39-,40-,41-,42-,43-,44-;;/m0../s1. The Balaban J connectivity index is 0.00000423. The molecule has 0 radical (unpaired) electrons. The first-order chi connectivity index (χ1) is 33.8. The summed E-state index contributed by atoms with van der Waals surface area (Å²) in [6, 6.07) is 9.21. The summed E-state index contributed by atoms with van der Waals surface area (Å²) in [6.45, 7) is 3.40. The number of halogens is 2. The minimum atomic E-state index is -1.15. The lowest BCUT2D eigenvalue weighted by atomic mass is 10.1. The average molecular weight is 1070 g/mol. The molecule has 2 aromatic rings. The Morgan fingerprint density at radius 1 is 0.653 bits per heavy atom. The van der Waals surface area contributed by atoms with Crippen LogP contribution in [0.4, 0.5) is 0 Å². The van der Waals surface area contributed by atoms with Crippen molar-refractivity contribution in [2.24, 2.45) is 0 Å². The van der Waals surface area contributed by atoms with Crippen molar-refractivity contribution in [3.8, 4) is 23.7 Å². The quantitative estimate of drug-likeness (QED) is 0.120. The first-order valence-corrected chi connectivity index (χ1v) is 26.0. The van der Waals surface area contributed by atoms with Crippen LogP contribution < -0.4 is 31.9 Å². The van der Waals surface area contributed by atoms with E-state index in [0.717, 1.165) is 22.3 Å². The van der Waals surface area contributed by atoms with Crippen LogP contribution in [0.15, 0.2) is 48.5 Å². The van der Waals surface area contributed by atoms with Crippen LogP contribution in [0, 0.1) is 23.7 Å². The summed E-state index contributed by atoms with van der Waals surface area (Å²) in [7, 11) is 3.32. The van der Waals surface area contributed by atoms with Gasteiger partial charge in [0, 0.05) is 25.7 Å². The molecule has 0 bridgehead atoms. The van der Waals surface area contributed by atoms with Gasteiger partial charge in [0.15, 0.2) is 0 Å². The molecular formula is C50H64Cl2N8O10S2. The third-order valence-corrected chi connectivity index (χ3v) is 16.7. The lowest BCUT2D eigenvalue weighted by Gasteiger charge is -2.32. The molecule has 0 aromatic heterocycles. The Hall–Kier alpha value is -4.58. The number of hydrogen-bond donors (Lipinski definition) is 8. The van der Waals surface area contributed by atoms with Crippen LogP contribution in [-0.4, -0.2) is 166 Å². The predicted octanol–water partition coefficient (Wildman–Crippen LogP) is 0.469. The Kier molecular flexibility index (Phi) is 20.1. The maximum atomic E-state index is 14.1. The van der Waals surface area contributed by atoms with Gasteiger partial charge in [0.05, 0.1) is 59.3 Å². The highest BCUT2D eigenvalue weighted by molar-refractivity contribution is 8.00. The zero-order chi connectivity index (χ0) is 49.6. The highest BCUT2D eigenvalue weighted by Gasteiger charge is 2.53. The van der Waals surface area contributed by atoms with Crippen LogP contribution in [0.5, 0.6) is 0 Å². The Bertz CT molecular complexity index is 2290. The number of aliphatic hydroxyl groups is 2. The van der Waals surface area contributed by atoms with Gasteiger partial charge >= 0.3 is 0 Å². The Morgan fingerprint density at radius 2 is 1.04 bits per heavy atom. The molecule has 4 fully saturated rings. The van der Waals surface area contributed by atoms with Crippen molar-refractivity contribution in [3.05, 3.63) is 70.8 Å². The van der Waals surface area contributed by atoms with Gasteiger partial charge in [-0.15, -0.1) is 48.3 Å². The topological polar surface area (TPSA) is 240 Å². The Morgan fingerprint density at radius 3 is 1.43 bits per heavy atom. The van der Waals surface area contributed by atoms with E-state index in [1.54, 1.807) is 27.9 Å². The van der Waals surface area contributed by atoms with E-state index in [9.17, 15) is 39.0 Å². The summed E-state index contributed by atoms with van der Waals surface area (Å²) >= 11 is 2.98. The normalized spacial score (nSPS) is 29.8. The number of fused-ring (bicyclic) bond motifs is 4. The van der Waals surface area contributed by atoms with Crippen LogP contribution in [-0.2, 0) is 51.1 Å². The fraction of sp³-hybridized carbons (Fsp3) is 0.560. The number of carbonyl (C=O) groups is 6. The van der Waals surface area contributed by atoms with E-state index in [-0.39, 0.29) is 62.7 Å². The molecule has 8 N–H and O–H groups in total. The number of nitrogens with zero attached hydrogens (tertiary/aromatic N) is 2. The maximum Gasteiger partial charge on any atom is 0.246 e. The van der Waals surface area contributed by atoms with Crippen LogP contribution in [0.3, 0.4) is 0 Å². The second kappa shape index (κ2) is 25.6. The minimum Gasteiger partial charge on any atom is -0.390 e. The molecule has 6 amide bonds. The fourth-order valence-corrected chi connectivity index (χ4v) is 12.9. The van der Waals surface area contributed by atoms with Crippen molar-refractivity contribution >= 4 is 83.8 Å². The molecule has 6 aliphatic rings. The van der Waals surface area contributed by atoms with E-state index in [1.807, 2.05) is 48.5 Å². The molecule has 22 heteroatoms. The monoisotopic (exact) mass is 1070 g/mol. The van der Waals surface area contributed by atoms with Crippen LogP contribution in [0.1, 0.15) is 73.9 Å². The van der Waals surface area contributed by atoms with Crippen molar-refractivity contribution in [1.29, 1.82) is 0 Å². The van der Waals surface area contributed by atoms with Crippen molar-refractivity contribution in [1.82, 2.24) is 41.7 Å². The van der Waals surface area contributed by atoms with Crippen molar-refractivity contribution in [2.75, 3.05) is 38.8 Å². The highest BCUT2D eigenvalue weighted by Crippen LogP contribution is 2.40. The highest BCUT2D eigenvalue weighted by atomic mass is 35.5. The second-order valence-corrected chi connectivity index (χ2v) is 21.0. The first kappa shape index (κ1) is 56.7. The zero-order valence-corrected chi connectivity index (χ0v) is 43.7. The average Bonchev–Trinajstić information content (AvgIpc) is 4.04. The summed E-state index contributed by atoms with van der Waals surface area (Å²) in [5.41, 5.74) is 3.72. The van der Waals surface area contributed by atoms with Gasteiger partial charge in [-0.3, -0.25) is 28.8 Å². The third kappa shape index (κ3) is 12.3. The van der Waals surface area contributed by atoms with Crippen molar-refractivity contribution in [2.45, 2.75) is 136 Å².